The highest BCUT2D eigenvalue weighted by Crippen LogP contribution is 2.43. The van der Waals surface area contributed by atoms with Gasteiger partial charge in [0, 0.05) is 24.0 Å². The number of hydrogen-bond acceptors (Lipinski definition) is 2. The number of fused-ring (bicyclic) bond motifs is 3. The summed E-state index contributed by atoms with van der Waals surface area (Å²) in [6.45, 7) is -0.118. The van der Waals surface area contributed by atoms with E-state index in [9.17, 15) is 18.0 Å². The number of rotatable bonds is 1. The molecule has 0 radical (unpaired) electrons. The highest BCUT2D eigenvalue weighted by molar-refractivity contribution is 6.19. The van der Waals surface area contributed by atoms with Gasteiger partial charge in [-0.15, -0.1) is 11.6 Å². The van der Waals surface area contributed by atoms with Crippen LogP contribution in [0.1, 0.15) is 17.0 Å². The molecule has 1 amide bonds. The molecule has 1 heterocycles. The summed E-state index contributed by atoms with van der Waals surface area (Å²) in [5.74, 6) is -2.22. The number of halogens is 4. The molecule has 2 aromatic rings. The third kappa shape index (κ3) is 2.51. The number of carbonyl (C=O) groups is 1. The minimum Gasteiger partial charge on any atom is -0.304 e. The minimum absolute atomic E-state index is 0.0878. The molecule has 2 aromatic carbocycles. The van der Waals surface area contributed by atoms with Crippen LogP contribution in [0, 0.1) is 11.3 Å². The standard InChI is InChI=1S/C16H10ClF3N2O/c17-6-11-8-22(15(23)16(18,19)20)13-4-3-10-2-1-9(7-21)5-12(10)14(11)13/h1-5,11H,6,8H2. The van der Waals surface area contributed by atoms with Crippen LogP contribution in [0.15, 0.2) is 30.3 Å². The van der Waals surface area contributed by atoms with Crippen molar-refractivity contribution in [1.29, 1.82) is 5.26 Å². The molecule has 0 fully saturated rings. The SMILES string of the molecule is N#Cc1ccc2ccc3c(c2c1)C(CCl)CN3C(=O)C(F)(F)F. The molecule has 0 aromatic heterocycles. The zero-order chi connectivity index (χ0) is 16.8. The monoisotopic (exact) mass is 338 g/mol. The van der Waals surface area contributed by atoms with E-state index in [1.807, 2.05) is 6.07 Å². The van der Waals surface area contributed by atoms with Gasteiger partial charge in [0.15, 0.2) is 0 Å². The lowest BCUT2D eigenvalue weighted by atomic mass is 9.95. The molecule has 3 nitrogen and oxygen atoms in total. The third-order valence-corrected chi connectivity index (χ3v) is 4.32. The van der Waals surface area contributed by atoms with Crippen molar-refractivity contribution in [3.8, 4) is 6.07 Å². The smallest absolute Gasteiger partial charge is 0.304 e. The van der Waals surface area contributed by atoms with Gasteiger partial charge in [0.2, 0.25) is 0 Å². The number of alkyl halides is 4. The van der Waals surface area contributed by atoms with E-state index in [4.69, 9.17) is 16.9 Å². The van der Waals surface area contributed by atoms with Crippen LogP contribution >= 0.6 is 11.6 Å². The maximum Gasteiger partial charge on any atom is 0.471 e. The third-order valence-electron chi connectivity index (χ3n) is 3.95. The van der Waals surface area contributed by atoms with E-state index >= 15 is 0 Å². The Kier molecular flexibility index (Phi) is 3.69. The van der Waals surface area contributed by atoms with Crippen molar-refractivity contribution in [3.63, 3.8) is 0 Å². The van der Waals surface area contributed by atoms with Crippen LogP contribution < -0.4 is 4.90 Å². The summed E-state index contributed by atoms with van der Waals surface area (Å²) >= 11 is 5.91. The molecular formula is C16H10ClF3N2O. The Morgan fingerprint density at radius 2 is 2.04 bits per heavy atom. The maximum absolute atomic E-state index is 12.8. The molecule has 0 saturated heterocycles. The highest BCUT2D eigenvalue weighted by Gasteiger charge is 2.46. The topological polar surface area (TPSA) is 44.1 Å². The van der Waals surface area contributed by atoms with Crippen LogP contribution in [-0.4, -0.2) is 24.5 Å². The van der Waals surface area contributed by atoms with Gasteiger partial charge in [-0.1, -0.05) is 12.1 Å². The maximum atomic E-state index is 12.8. The lowest BCUT2D eigenvalue weighted by molar-refractivity contribution is -0.170. The highest BCUT2D eigenvalue weighted by atomic mass is 35.5. The van der Waals surface area contributed by atoms with E-state index in [0.717, 1.165) is 10.3 Å². The molecule has 1 aliphatic heterocycles. The van der Waals surface area contributed by atoms with Crippen LogP contribution in [0.2, 0.25) is 0 Å². The molecule has 0 spiro atoms. The van der Waals surface area contributed by atoms with Gasteiger partial charge in [-0.3, -0.25) is 4.79 Å². The molecule has 0 saturated carbocycles. The second-order valence-corrected chi connectivity index (χ2v) is 5.62. The van der Waals surface area contributed by atoms with Crippen molar-refractivity contribution in [2.45, 2.75) is 12.1 Å². The molecular weight excluding hydrogens is 329 g/mol. The summed E-state index contributed by atoms with van der Waals surface area (Å²) in [7, 11) is 0. The van der Waals surface area contributed by atoms with Crippen LogP contribution in [0.4, 0.5) is 18.9 Å². The van der Waals surface area contributed by atoms with E-state index in [1.54, 1.807) is 24.3 Å². The summed E-state index contributed by atoms with van der Waals surface area (Å²) in [6, 6.07) is 10.1. The summed E-state index contributed by atoms with van der Waals surface area (Å²) < 4.78 is 38.4. The van der Waals surface area contributed by atoms with Gasteiger partial charge in [0.05, 0.1) is 11.6 Å². The van der Waals surface area contributed by atoms with Gasteiger partial charge >= 0.3 is 12.1 Å². The number of anilines is 1. The lowest BCUT2D eigenvalue weighted by Gasteiger charge is -2.19. The largest absolute Gasteiger partial charge is 0.471 e. The van der Waals surface area contributed by atoms with E-state index in [-0.39, 0.29) is 18.1 Å². The first-order chi connectivity index (χ1) is 10.9. The first-order valence-corrected chi connectivity index (χ1v) is 7.31. The number of carbonyl (C=O) groups excluding carboxylic acids is 1. The quantitative estimate of drug-likeness (QED) is 0.739. The van der Waals surface area contributed by atoms with Crippen molar-refractivity contribution in [3.05, 3.63) is 41.5 Å². The molecule has 1 aliphatic rings. The van der Waals surface area contributed by atoms with E-state index in [0.29, 0.717) is 16.5 Å². The van der Waals surface area contributed by atoms with E-state index < -0.39 is 18.0 Å². The average Bonchev–Trinajstić information content (AvgIpc) is 2.91. The van der Waals surface area contributed by atoms with Crippen molar-refractivity contribution >= 4 is 34.0 Å². The Bertz CT molecular complexity index is 842. The van der Waals surface area contributed by atoms with Crippen LogP contribution in [0.5, 0.6) is 0 Å². The van der Waals surface area contributed by atoms with Gasteiger partial charge < -0.3 is 4.90 Å². The zero-order valence-electron chi connectivity index (χ0n) is 11.7. The number of hydrogen-bond donors (Lipinski definition) is 0. The lowest BCUT2D eigenvalue weighted by Crippen LogP contribution is -2.40. The van der Waals surface area contributed by atoms with Crippen molar-refractivity contribution < 1.29 is 18.0 Å². The Balaban J connectivity index is 2.22. The molecule has 1 unspecified atom stereocenters. The number of nitrogens with zero attached hydrogens (tertiary/aromatic N) is 2. The summed E-state index contributed by atoms with van der Waals surface area (Å²) in [5.41, 5.74) is 1.20. The van der Waals surface area contributed by atoms with Gasteiger partial charge in [0.1, 0.15) is 0 Å². The Morgan fingerprint density at radius 3 is 2.65 bits per heavy atom. The van der Waals surface area contributed by atoms with Crippen LogP contribution in [0.3, 0.4) is 0 Å². The van der Waals surface area contributed by atoms with E-state index in [2.05, 4.69) is 0 Å². The first-order valence-electron chi connectivity index (χ1n) is 6.78. The van der Waals surface area contributed by atoms with Gasteiger partial charge in [-0.2, -0.15) is 18.4 Å². The molecule has 23 heavy (non-hydrogen) atoms. The summed E-state index contributed by atoms with van der Waals surface area (Å²) in [5, 5.41) is 10.5. The minimum atomic E-state index is -4.94. The second kappa shape index (κ2) is 5.43. The number of amides is 1. The fraction of sp³-hybridized carbons (Fsp3) is 0.250. The van der Waals surface area contributed by atoms with E-state index in [1.165, 1.54) is 6.07 Å². The zero-order valence-corrected chi connectivity index (χ0v) is 12.4. The number of nitriles is 1. The fourth-order valence-corrected chi connectivity index (χ4v) is 3.20. The first kappa shape index (κ1) is 15.6. The molecule has 118 valence electrons. The fourth-order valence-electron chi connectivity index (χ4n) is 2.95. The molecule has 3 rings (SSSR count). The predicted molar refractivity (Wildman–Crippen MR) is 80.5 cm³/mol. The van der Waals surface area contributed by atoms with Gasteiger partial charge in [-0.05, 0) is 34.5 Å². The molecule has 1 atom stereocenters. The van der Waals surface area contributed by atoms with Crippen LogP contribution in [0.25, 0.3) is 10.8 Å². The van der Waals surface area contributed by atoms with Crippen molar-refractivity contribution in [2.75, 3.05) is 17.3 Å². The molecule has 0 aliphatic carbocycles. The van der Waals surface area contributed by atoms with Crippen molar-refractivity contribution in [2.24, 2.45) is 0 Å². The Labute approximate surface area is 134 Å². The average molecular weight is 339 g/mol. The van der Waals surface area contributed by atoms with Crippen LogP contribution in [-0.2, 0) is 4.79 Å². The molecule has 0 bridgehead atoms. The molecule has 0 N–H and O–H groups in total. The second-order valence-electron chi connectivity index (χ2n) is 5.31. The summed E-state index contributed by atoms with van der Waals surface area (Å²) in [6.07, 6.45) is -4.94. The Hall–Kier alpha value is -2.26. The van der Waals surface area contributed by atoms with Gasteiger partial charge in [-0.25, -0.2) is 0 Å². The van der Waals surface area contributed by atoms with Crippen molar-refractivity contribution in [1.82, 2.24) is 0 Å². The van der Waals surface area contributed by atoms with Gasteiger partial charge in [0.25, 0.3) is 0 Å². The Morgan fingerprint density at radius 1 is 1.35 bits per heavy atom. The molecule has 7 heteroatoms. The summed E-state index contributed by atoms with van der Waals surface area (Å²) in [4.78, 5) is 12.4. The normalized spacial score (nSPS) is 17.2. The number of benzene rings is 2. The predicted octanol–water partition coefficient (Wildman–Crippen LogP) is 3.94.